The first-order chi connectivity index (χ1) is 11.9. The highest BCUT2D eigenvalue weighted by molar-refractivity contribution is 7.89. The first-order valence-corrected chi connectivity index (χ1v) is 8.97. The average molecular weight is 362 g/mol. The van der Waals surface area contributed by atoms with E-state index in [2.05, 4.69) is 5.32 Å². The molecule has 0 atom stereocenters. The van der Waals surface area contributed by atoms with Gasteiger partial charge in [0, 0.05) is 18.7 Å². The lowest BCUT2D eigenvalue weighted by Gasteiger charge is -2.19. The molecule has 132 valence electrons. The van der Waals surface area contributed by atoms with Crippen LogP contribution in [0.3, 0.4) is 0 Å². The summed E-state index contributed by atoms with van der Waals surface area (Å²) in [5, 5.41) is 16.5. The molecule has 25 heavy (non-hydrogen) atoms. The molecule has 0 saturated carbocycles. The Morgan fingerprint density at radius 3 is 2.76 bits per heavy atom. The predicted molar refractivity (Wildman–Crippen MR) is 90.7 cm³/mol. The van der Waals surface area contributed by atoms with Gasteiger partial charge in [0.2, 0.25) is 15.9 Å². The monoisotopic (exact) mass is 362 g/mol. The molecular weight excluding hydrogens is 344 g/mol. The summed E-state index contributed by atoms with van der Waals surface area (Å²) in [6, 6.07) is 11.3. The number of nitrogens with zero attached hydrogens (tertiary/aromatic N) is 2. The van der Waals surface area contributed by atoms with Gasteiger partial charge < -0.3 is 9.73 Å². The molecule has 8 nitrogen and oxygen atoms in total. The van der Waals surface area contributed by atoms with E-state index < -0.39 is 10.0 Å². The highest BCUT2D eigenvalue weighted by atomic mass is 32.2. The molecule has 1 aromatic carbocycles. The number of sulfonamides is 1. The van der Waals surface area contributed by atoms with E-state index in [1.165, 1.54) is 24.5 Å². The minimum atomic E-state index is -3.84. The van der Waals surface area contributed by atoms with Crippen LogP contribution in [0.2, 0.25) is 0 Å². The molecule has 1 aromatic heterocycles. The Morgan fingerprint density at radius 1 is 1.32 bits per heavy atom. The zero-order chi connectivity index (χ0) is 18.3. The molecule has 2 aromatic rings. The Bertz CT molecular complexity index is 857. The van der Waals surface area contributed by atoms with Crippen LogP contribution in [0.25, 0.3) is 0 Å². The fourth-order valence-corrected chi connectivity index (χ4v) is 2.76. The normalized spacial score (nSPS) is 11.2. The number of furan rings is 1. The summed E-state index contributed by atoms with van der Waals surface area (Å²) in [5.74, 6) is 0.345. The van der Waals surface area contributed by atoms with Gasteiger partial charge in [-0.3, -0.25) is 9.69 Å². The van der Waals surface area contributed by atoms with Crippen LogP contribution in [0, 0.1) is 11.3 Å². The van der Waals surface area contributed by atoms with Crippen molar-refractivity contribution in [3.8, 4) is 6.07 Å². The Morgan fingerprint density at radius 2 is 2.12 bits per heavy atom. The second-order valence-corrected chi connectivity index (χ2v) is 6.88. The zero-order valence-corrected chi connectivity index (χ0v) is 14.2. The molecule has 0 spiro atoms. The van der Waals surface area contributed by atoms with E-state index in [1.807, 2.05) is 6.07 Å². The lowest BCUT2D eigenvalue weighted by molar-refractivity contribution is -0.117. The molecule has 0 bridgehead atoms. The van der Waals surface area contributed by atoms with Crippen molar-refractivity contribution in [2.45, 2.75) is 17.9 Å². The van der Waals surface area contributed by atoms with Gasteiger partial charge in [-0.25, -0.2) is 13.6 Å². The number of anilines is 1. The first-order valence-electron chi connectivity index (χ1n) is 7.43. The molecule has 0 aliphatic carbocycles. The lowest BCUT2D eigenvalue weighted by Crippen LogP contribution is -2.33. The van der Waals surface area contributed by atoms with Crippen molar-refractivity contribution in [3.63, 3.8) is 0 Å². The summed E-state index contributed by atoms with van der Waals surface area (Å²) in [6.07, 6.45) is 1.81. The van der Waals surface area contributed by atoms with E-state index in [-0.39, 0.29) is 23.8 Å². The standard InChI is InChI=1S/C16H18N4O4S/c17-7-3-8-20(11-14-5-2-9-24-14)12-16(21)19-13-4-1-6-15(10-13)25(18,22)23/h1-2,4-6,9-10H,3,8,11-12H2,(H,19,21)(H2,18,22,23). The van der Waals surface area contributed by atoms with Crippen molar-refractivity contribution in [3.05, 3.63) is 48.4 Å². The van der Waals surface area contributed by atoms with Gasteiger partial charge in [-0.05, 0) is 30.3 Å². The summed E-state index contributed by atoms with van der Waals surface area (Å²) in [6.45, 7) is 0.823. The number of carbonyl (C=O) groups excluding carboxylic acids is 1. The third-order valence-corrected chi connectivity index (χ3v) is 4.22. The quantitative estimate of drug-likeness (QED) is 0.727. The largest absolute Gasteiger partial charge is 0.468 e. The Labute approximate surface area is 145 Å². The van der Waals surface area contributed by atoms with Crippen LogP contribution in [0.4, 0.5) is 5.69 Å². The van der Waals surface area contributed by atoms with E-state index in [4.69, 9.17) is 14.8 Å². The fraction of sp³-hybridized carbons (Fsp3) is 0.250. The lowest BCUT2D eigenvalue weighted by atomic mass is 10.3. The summed E-state index contributed by atoms with van der Waals surface area (Å²) in [4.78, 5) is 13.9. The van der Waals surface area contributed by atoms with Crippen LogP contribution >= 0.6 is 0 Å². The SMILES string of the molecule is N#CCCN(CC(=O)Nc1cccc(S(N)(=O)=O)c1)Cc1ccco1. The van der Waals surface area contributed by atoms with Crippen LogP contribution in [0.15, 0.2) is 52.0 Å². The molecular formula is C16H18N4O4S. The van der Waals surface area contributed by atoms with Crippen LogP contribution in [-0.2, 0) is 21.4 Å². The number of nitriles is 1. The summed E-state index contributed by atoms with van der Waals surface area (Å²) in [7, 11) is -3.84. The number of hydrogen-bond donors (Lipinski definition) is 2. The molecule has 0 aliphatic rings. The molecule has 0 radical (unpaired) electrons. The van der Waals surface area contributed by atoms with Crippen LogP contribution < -0.4 is 10.5 Å². The minimum absolute atomic E-state index is 0.0297. The number of benzene rings is 1. The zero-order valence-electron chi connectivity index (χ0n) is 13.4. The van der Waals surface area contributed by atoms with E-state index in [9.17, 15) is 13.2 Å². The number of amides is 1. The van der Waals surface area contributed by atoms with E-state index in [0.29, 0.717) is 24.5 Å². The molecule has 9 heteroatoms. The third kappa shape index (κ3) is 6.04. The van der Waals surface area contributed by atoms with Gasteiger partial charge in [-0.1, -0.05) is 6.07 Å². The van der Waals surface area contributed by atoms with Crippen molar-refractivity contribution in [2.24, 2.45) is 5.14 Å². The number of hydrogen-bond acceptors (Lipinski definition) is 6. The number of rotatable bonds is 8. The highest BCUT2D eigenvalue weighted by Crippen LogP contribution is 2.14. The Kier molecular flexibility index (Phi) is 6.30. The van der Waals surface area contributed by atoms with Gasteiger partial charge in [0.15, 0.2) is 0 Å². The van der Waals surface area contributed by atoms with Gasteiger partial charge in [-0.2, -0.15) is 5.26 Å². The van der Waals surface area contributed by atoms with Crippen molar-refractivity contribution in [2.75, 3.05) is 18.4 Å². The molecule has 3 N–H and O–H groups in total. The van der Waals surface area contributed by atoms with Gasteiger partial charge in [0.1, 0.15) is 5.76 Å². The van der Waals surface area contributed by atoms with E-state index in [1.54, 1.807) is 23.1 Å². The minimum Gasteiger partial charge on any atom is -0.468 e. The second kappa shape index (κ2) is 8.43. The van der Waals surface area contributed by atoms with Gasteiger partial charge in [-0.15, -0.1) is 0 Å². The number of carbonyl (C=O) groups is 1. The summed E-state index contributed by atoms with van der Waals surface area (Å²) >= 11 is 0. The topological polar surface area (TPSA) is 129 Å². The number of primary sulfonamides is 1. The molecule has 1 amide bonds. The molecule has 1 heterocycles. The van der Waals surface area contributed by atoms with E-state index >= 15 is 0 Å². The smallest absolute Gasteiger partial charge is 0.238 e. The van der Waals surface area contributed by atoms with Gasteiger partial charge in [0.05, 0.1) is 30.3 Å². The summed E-state index contributed by atoms with van der Waals surface area (Å²) in [5.41, 5.74) is 0.328. The molecule has 0 aliphatic heterocycles. The number of nitrogens with one attached hydrogen (secondary N) is 1. The van der Waals surface area contributed by atoms with E-state index in [0.717, 1.165) is 0 Å². The number of nitrogens with two attached hydrogens (primary N) is 1. The molecule has 0 fully saturated rings. The first kappa shape index (κ1) is 18.7. The molecule has 0 saturated heterocycles. The van der Waals surface area contributed by atoms with Crippen LogP contribution in [0.1, 0.15) is 12.2 Å². The maximum atomic E-state index is 12.2. The predicted octanol–water partition coefficient (Wildman–Crippen LogP) is 1.28. The van der Waals surface area contributed by atoms with Crippen molar-refractivity contribution in [1.82, 2.24) is 4.90 Å². The molecule has 2 rings (SSSR count). The maximum Gasteiger partial charge on any atom is 0.238 e. The Hall–Kier alpha value is -2.67. The highest BCUT2D eigenvalue weighted by Gasteiger charge is 2.14. The second-order valence-electron chi connectivity index (χ2n) is 5.32. The van der Waals surface area contributed by atoms with Crippen molar-refractivity contribution >= 4 is 21.6 Å². The third-order valence-electron chi connectivity index (χ3n) is 3.31. The van der Waals surface area contributed by atoms with Crippen molar-refractivity contribution < 1.29 is 17.6 Å². The van der Waals surface area contributed by atoms with Gasteiger partial charge >= 0.3 is 0 Å². The average Bonchev–Trinajstić information content (AvgIpc) is 3.05. The van der Waals surface area contributed by atoms with Gasteiger partial charge in [0.25, 0.3) is 0 Å². The maximum absolute atomic E-state index is 12.2. The fourth-order valence-electron chi connectivity index (χ4n) is 2.20. The summed E-state index contributed by atoms with van der Waals surface area (Å²) < 4.78 is 28.0. The molecule has 0 unspecified atom stereocenters. The Balaban J connectivity index is 2.02. The van der Waals surface area contributed by atoms with Crippen LogP contribution in [-0.4, -0.2) is 32.3 Å². The van der Waals surface area contributed by atoms with Crippen molar-refractivity contribution in [1.29, 1.82) is 5.26 Å². The van der Waals surface area contributed by atoms with Crippen LogP contribution in [0.5, 0.6) is 0 Å².